The first kappa shape index (κ1) is 14.9. The van der Waals surface area contributed by atoms with Crippen molar-refractivity contribution in [1.29, 1.82) is 0 Å². The van der Waals surface area contributed by atoms with E-state index in [1.165, 1.54) is 0 Å². The summed E-state index contributed by atoms with van der Waals surface area (Å²) in [6, 6.07) is 13.8. The fourth-order valence-electron chi connectivity index (χ4n) is 1.65. The molecule has 4 nitrogen and oxygen atoms in total. The fourth-order valence-corrected chi connectivity index (χ4v) is 1.84. The van der Waals surface area contributed by atoms with E-state index in [0.717, 1.165) is 5.56 Å². The first-order valence-electron chi connectivity index (χ1n) is 6.30. The molecule has 0 saturated carbocycles. The van der Waals surface area contributed by atoms with Crippen molar-refractivity contribution in [2.45, 2.75) is 0 Å². The number of nitrogens with two attached hydrogens (primary N) is 1. The predicted octanol–water partition coefficient (Wildman–Crippen LogP) is 3.29. The van der Waals surface area contributed by atoms with Crippen molar-refractivity contribution in [3.8, 4) is 11.8 Å². The molecule has 0 radical (unpaired) electrons. The van der Waals surface area contributed by atoms with Crippen LogP contribution in [0.15, 0.2) is 48.5 Å². The standard InChI is InChI=1S/C16H14ClN3O/c17-13-4-1-5-15(11-13)20-16(21)19-14-8-6-12(7-9-14)3-2-10-18/h1,4-9,11H,10,18H2,(H2,19,20,21). The molecule has 0 aliphatic rings. The van der Waals surface area contributed by atoms with E-state index in [4.69, 9.17) is 17.3 Å². The molecule has 0 unspecified atom stereocenters. The molecule has 0 heterocycles. The van der Waals surface area contributed by atoms with Crippen LogP contribution in [0.2, 0.25) is 5.02 Å². The third kappa shape index (κ3) is 4.84. The number of anilines is 2. The molecule has 0 fully saturated rings. The SMILES string of the molecule is NCC#Cc1ccc(NC(=O)Nc2cccc(Cl)c2)cc1. The molecule has 106 valence electrons. The van der Waals surface area contributed by atoms with Gasteiger partial charge in [-0.1, -0.05) is 29.5 Å². The van der Waals surface area contributed by atoms with E-state index < -0.39 is 0 Å². The highest BCUT2D eigenvalue weighted by Gasteiger charge is 2.02. The predicted molar refractivity (Wildman–Crippen MR) is 86.5 cm³/mol. The summed E-state index contributed by atoms with van der Waals surface area (Å²) in [5, 5.41) is 5.99. The van der Waals surface area contributed by atoms with Gasteiger partial charge in [0.25, 0.3) is 0 Å². The molecule has 21 heavy (non-hydrogen) atoms. The number of nitrogens with one attached hydrogen (secondary N) is 2. The molecule has 2 amide bonds. The van der Waals surface area contributed by atoms with Crippen LogP contribution in [0, 0.1) is 11.8 Å². The Labute approximate surface area is 128 Å². The van der Waals surface area contributed by atoms with E-state index in [1.807, 2.05) is 12.1 Å². The van der Waals surface area contributed by atoms with Crippen molar-refractivity contribution < 1.29 is 4.79 Å². The second-order valence-electron chi connectivity index (χ2n) is 4.17. The van der Waals surface area contributed by atoms with E-state index in [9.17, 15) is 4.79 Å². The van der Waals surface area contributed by atoms with Crippen molar-refractivity contribution in [3.63, 3.8) is 0 Å². The Balaban J connectivity index is 1.96. The summed E-state index contributed by atoms with van der Waals surface area (Å²) in [5.74, 6) is 5.68. The van der Waals surface area contributed by atoms with Crippen molar-refractivity contribution >= 4 is 29.0 Å². The quantitative estimate of drug-likeness (QED) is 0.745. The second kappa shape index (κ2) is 7.34. The van der Waals surface area contributed by atoms with E-state index in [-0.39, 0.29) is 6.03 Å². The molecule has 0 spiro atoms. The van der Waals surface area contributed by atoms with Crippen LogP contribution in [0.1, 0.15) is 5.56 Å². The Morgan fingerprint density at radius 2 is 1.81 bits per heavy atom. The summed E-state index contributed by atoms with van der Waals surface area (Å²) in [5.41, 5.74) is 7.46. The number of hydrogen-bond acceptors (Lipinski definition) is 2. The minimum absolute atomic E-state index is 0.321. The Morgan fingerprint density at radius 1 is 1.10 bits per heavy atom. The second-order valence-corrected chi connectivity index (χ2v) is 4.61. The van der Waals surface area contributed by atoms with Crippen LogP contribution in [0.3, 0.4) is 0 Å². The molecule has 0 atom stereocenters. The van der Waals surface area contributed by atoms with Gasteiger partial charge in [0.05, 0.1) is 6.54 Å². The van der Waals surface area contributed by atoms with Gasteiger partial charge in [-0.3, -0.25) is 0 Å². The van der Waals surface area contributed by atoms with Gasteiger partial charge in [-0.25, -0.2) is 4.79 Å². The number of rotatable bonds is 2. The third-order valence-corrected chi connectivity index (χ3v) is 2.80. The van der Waals surface area contributed by atoms with Crippen molar-refractivity contribution in [2.75, 3.05) is 17.2 Å². The summed E-state index contributed by atoms with van der Waals surface area (Å²) in [4.78, 5) is 11.8. The smallest absolute Gasteiger partial charge is 0.320 e. The lowest BCUT2D eigenvalue weighted by molar-refractivity contribution is 0.262. The average Bonchev–Trinajstić information content (AvgIpc) is 2.46. The van der Waals surface area contributed by atoms with Gasteiger partial charge in [-0.15, -0.1) is 0 Å². The first-order chi connectivity index (χ1) is 10.2. The molecule has 0 aromatic heterocycles. The van der Waals surface area contributed by atoms with Gasteiger partial charge in [-0.2, -0.15) is 0 Å². The zero-order chi connectivity index (χ0) is 15.1. The molecule has 0 bridgehead atoms. The number of carbonyl (C=O) groups excluding carboxylic acids is 1. The molecule has 2 rings (SSSR count). The largest absolute Gasteiger partial charge is 0.323 e. The Hall–Kier alpha value is -2.48. The van der Waals surface area contributed by atoms with Gasteiger partial charge in [0.1, 0.15) is 0 Å². The minimum Gasteiger partial charge on any atom is -0.320 e. The Kier molecular flexibility index (Phi) is 5.22. The van der Waals surface area contributed by atoms with Gasteiger partial charge in [-0.05, 0) is 42.5 Å². The van der Waals surface area contributed by atoms with Gasteiger partial charge in [0.2, 0.25) is 0 Å². The number of urea groups is 1. The summed E-state index contributed by atoms with van der Waals surface area (Å²) in [7, 11) is 0. The molecule has 4 N–H and O–H groups in total. The van der Waals surface area contributed by atoms with Crippen LogP contribution in [0.25, 0.3) is 0 Å². The molecule has 0 saturated heterocycles. The van der Waals surface area contributed by atoms with Crippen LogP contribution in [-0.4, -0.2) is 12.6 Å². The van der Waals surface area contributed by atoms with E-state index in [2.05, 4.69) is 22.5 Å². The zero-order valence-electron chi connectivity index (χ0n) is 11.2. The maximum atomic E-state index is 11.8. The van der Waals surface area contributed by atoms with Crippen LogP contribution >= 0.6 is 11.6 Å². The van der Waals surface area contributed by atoms with Crippen molar-refractivity contribution in [1.82, 2.24) is 0 Å². The number of hydrogen-bond donors (Lipinski definition) is 3. The zero-order valence-corrected chi connectivity index (χ0v) is 11.9. The van der Waals surface area contributed by atoms with Gasteiger partial charge in [0.15, 0.2) is 0 Å². The maximum Gasteiger partial charge on any atom is 0.323 e. The lowest BCUT2D eigenvalue weighted by Gasteiger charge is -2.07. The van der Waals surface area contributed by atoms with E-state index in [0.29, 0.717) is 22.9 Å². The monoisotopic (exact) mass is 299 g/mol. The molecule has 5 heteroatoms. The Bertz CT molecular complexity index is 687. The number of halogens is 1. The topological polar surface area (TPSA) is 67.1 Å². The molecule has 0 aliphatic carbocycles. The molecule has 2 aromatic carbocycles. The van der Waals surface area contributed by atoms with Gasteiger partial charge in [0, 0.05) is 22.0 Å². The van der Waals surface area contributed by atoms with Crippen molar-refractivity contribution in [3.05, 3.63) is 59.1 Å². The lowest BCUT2D eigenvalue weighted by atomic mass is 10.2. The van der Waals surface area contributed by atoms with Crippen LogP contribution in [-0.2, 0) is 0 Å². The minimum atomic E-state index is -0.335. The lowest BCUT2D eigenvalue weighted by Crippen LogP contribution is -2.19. The average molecular weight is 300 g/mol. The third-order valence-electron chi connectivity index (χ3n) is 2.56. The molecular weight excluding hydrogens is 286 g/mol. The normalized spacial score (nSPS) is 9.43. The van der Waals surface area contributed by atoms with Gasteiger partial charge < -0.3 is 16.4 Å². The maximum absolute atomic E-state index is 11.8. The highest BCUT2D eigenvalue weighted by molar-refractivity contribution is 6.30. The highest BCUT2D eigenvalue weighted by atomic mass is 35.5. The van der Waals surface area contributed by atoms with Gasteiger partial charge >= 0.3 is 6.03 Å². The van der Waals surface area contributed by atoms with Crippen LogP contribution < -0.4 is 16.4 Å². The van der Waals surface area contributed by atoms with Crippen molar-refractivity contribution in [2.24, 2.45) is 5.73 Å². The Morgan fingerprint density at radius 3 is 2.48 bits per heavy atom. The first-order valence-corrected chi connectivity index (χ1v) is 6.68. The highest BCUT2D eigenvalue weighted by Crippen LogP contribution is 2.15. The van der Waals surface area contributed by atoms with Crippen LogP contribution in [0.4, 0.5) is 16.2 Å². The summed E-state index contributed by atoms with van der Waals surface area (Å²) >= 11 is 5.85. The summed E-state index contributed by atoms with van der Waals surface area (Å²) in [6.45, 7) is 0.321. The molecular formula is C16H14ClN3O. The van der Waals surface area contributed by atoms with E-state index in [1.54, 1.807) is 36.4 Å². The molecule has 2 aromatic rings. The molecule has 0 aliphatic heterocycles. The fraction of sp³-hybridized carbons (Fsp3) is 0.0625. The van der Waals surface area contributed by atoms with Crippen LogP contribution in [0.5, 0.6) is 0 Å². The summed E-state index contributed by atoms with van der Waals surface area (Å²) < 4.78 is 0. The summed E-state index contributed by atoms with van der Waals surface area (Å²) in [6.07, 6.45) is 0. The number of carbonyl (C=O) groups is 1. The number of amides is 2. The van der Waals surface area contributed by atoms with E-state index >= 15 is 0 Å². The number of benzene rings is 2.